The number of amides is 2. The Kier molecular flexibility index (Phi) is 5.00. The van der Waals surface area contributed by atoms with E-state index in [0.717, 1.165) is 16.1 Å². The van der Waals surface area contributed by atoms with Crippen molar-refractivity contribution in [2.45, 2.75) is 32.7 Å². The van der Waals surface area contributed by atoms with Gasteiger partial charge < -0.3 is 10.2 Å². The molecule has 0 bridgehead atoms. The molecule has 5 heteroatoms. The zero-order chi connectivity index (χ0) is 17.1. The monoisotopic (exact) mass is 342 g/mol. The lowest BCUT2D eigenvalue weighted by molar-refractivity contribution is -0.129. The van der Waals surface area contributed by atoms with Gasteiger partial charge in [-0.15, -0.1) is 11.3 Å². The fourth-order valence-electron chi connectivity index (χ4n) is 3.27. The van der Waals surface area contributed by atoms with Crippen molar-refractivity contribution >= 4 is 28.8 Å². The van der Waals surface area contributed by atoms with E-state index in [2.05, 4.69) is 5.32 Å². The molecular formula is C19H22N2O2S. The van der Waals surface area contributed by atoms with E-state index in [-0.39, 0.29) is 23.8 Å². The molecule has 4 nitrogen and oxygen atoms in total. The standard InChI is InChI=1S/C19H22N2O2S/c1-3-20-19(23)15-10-11-17(22)21(14-8-6-13(2)7-9-14)18(15)16-5-4-12-24-16/h4-9,12,15,18H,3,10-11H2,1-2H3,(H,20,23). The number of nitrogens with zero attached hydrogens (tertiary/aromatic N) is 1. The van der Waals surface area contributed by atoms with Gasteiger partial charge in [0.2, 0.25) is 11.8 Å². The number of piperidine rings is 1. The molecule has 1 fully saturated rings. The molecule has 3 rings (SSSR count). The molecule has 1 aliphatic heterocycles. The van der Waals surface area contributed by atoms with Crippen LogP contribution in [0.5, 0.6) is 0 Å². The second kappa shape index (κ2) is 7.18. The van der Waals surface area contributed by atoms with Crippen LogP contribution in [0.25, 0.3) is 0 Å². The van der Waals surface area contributed by atoms with Gasteiger partial charge in [0.25, 0.3) is 0 Å². The number of carbonyl (C=O) groups excluding carboxylic acids is 2. The topological polar surface area (TPSA) is 49.4 Å². The number of hydrogen-bond donors (Lipinski definition) is 1. The van der Waals surface area contributed by atoms with Gasteiger partial charge >= 0.3 is 0 Å². The highest BCUT2D eigenvalue weighted by Crippen LogP contribution is 2.41. The van der Waals surface area contributed by atoms with Crippen LogP contribution < -0.4 is 10.2 Å². The maximum atomic E-state index is 12.7. The molecule has 1 N–H and O–H groups in total. The zero-order valence-corrected chi connectivity index (χ0v) is 14.8. The van der Waals surface area contributed by atoms with Gasteiger partial charge in [0.1, 0.15) is 0 Å². The van der Waals surface area contributed by atoms with Crippen molar-refractivity contribution < 1.29 is 9.59 Å². The van der Waals surface area contributed by atoms with E-state index in [9.17, 15) is 9.59 Å². The molecule has 1 aromatic heterocycles. The Labute approximate surface area is 146 Å². The summed E-state index contributed by atoms with van der Waals surface area (Å²) in [4.78, 5) is 28.2. The zero-order valence-electron chi connectivity index (χ0n) is 14.0. The molecule has 24 heavy (non-hydrogen) atoms. The largest absolute Gasteiger partial charge is 0.356 e. The Bertz CT molecular complexity index is 709. The summed E-state index contributed by atoms with van der Waals surface area (Å²) < 4.78 is 0. The Hall–Kier alpha value is -2.14. The molecule has 2 unspecified atom stereocenters. The molecule has 0 spiro atoms. The van der Waals surface area contributed by atoms with Crippen LogP contribution in [-0.4, -0.2) is 18.4 Å². The number of anilines is 1. The van der Waals surface area contributed by atoms with Crippen molar-refractivity contribution in [3.8, 4) is 0 Å². The summed E-state index contributed by atoms with van der Waals surface area (Å²) in [5.41, 5.74) is 2.01. The van der Waals surface area contributed by atoms with Crippen LogP contribution in [0.4, 0.5) is 5.69 Å². The van der Waals surface area contributed by atoms with Gasteiger partial charge in [0.15, 0.2) is 0 Å². The number of benzene rings is 1. The second-order valence-electron chi connectivity index (χ2n) is 6.10. The van der Waals surface area contributed by atoms with E-state index in [0.29, 0.717) is 19.4 Å². The minimum atomic E-state index is -0.236. The van der Waals surface area contributed by atoms with Crippen LogP contribution in [0, 0.1) is 12.8 Å². The van der Waals surface area contributed by atoms with E-state index >= 15 is 0 Å². The average Bonchev–Trinajstić information content (AvgIpc) is 3.10. The number of rotatable bonds is 4. The van der Waals surface area contributed by atoms with Crippen LogP contribution in [0.15, 0.2) is 41.8 Å². The van der Waals surface area contributed by atoms with Gasteiger partial charge in [-0.3, -0.25) is 9.59 Å². The number of thiophene rings is 1. The highest BCUT2D eigenvalue weighted by Gasteiger charge is 2.41. The summed E-state index contributed by atoms with van der Waals surface area (Å²) in [6, 6.07) is 11.7. The Morgan fingerprint density at radius 3 is 2.67 bits per heavy atom. The predicted molar refractivity (Wildman–Crippen MR) is 97.1 cm³/mol. The van der Waals surface area contributed by atoms with Gasteiger partial charge in [0.05, 0.1) is 12.0 Å². The maximum Gasteiger partial charge on any atom is 0.227 e. The third kappa shape index (κ3) is 3.22. The SMILES string of the molecule is CCNC(=O)C1CCC(=O)N(c2ccc(C)cc2)C1c1cccs1. The van der Waals surface area contributed by atoms with Crippen molar-refractivity contribution in [1.82, 2.24) is 5.32 Å². The van der Waals surface area contributed by atoms with Gasteiger partial charge in [0, 0.05) is 23.5 Å². The molecule has 126 valence electrons. The first kappa shape index (κ1) is 16.7. The van der Waals surface area contributed by atoms with Crippen LogP contribution in [0.3, 0.4) is 0 Å². The molecule has 2 amide bonds. The fraction of sp³-hybridized carbons (Fsp3) is 0.368. The number of hydrogen-bond acceptors (Lipinski definition) is 3. The minimum absolute atomic E-state index is 0.0283. The summed E-state index contributed by atoms with van der Waals surface area (Å²) in [5, 5.41) is 4.93. The van der Waals surface area contributed by atoms with Gasteiger partial charge in [-0.05, 0) is 43.8 Å². The van der Waals surface area contributed by atoms with Crippen molar-refractivity contribution in [2.75, 3.05) is 11.4 Å². The van der Waals surface area contributed by atoms with E-state index in [1.165, 1.54) is 0 Å². The second-order valence-corrected chi connectivity index (χ2v) is 7.08. The highest BCUT2D eigenvalue weighted by molar-refractivity contribution is 7.10. The normalized spacial score (nSPS) is 20.9. The molecule has 1 aliphatic rings. The molecule has 1 saturated heterocycles. The number of aryl methyl sites for hydroxylation is 1. The fourth-order valence-corrected chi connectivity index (χ4v) is 4.15. The first-order valence-electron chi connectivity index (χ1n) is 8.31. The molecular weight excluding hydrogens is 320 g/mol. The summed E-state index contributed by atoms with van der Waals surface area (Å²) in [6.45, 7) is 4.55. The van der Waals surface area contributed by atoms with E-state index < -0.39 is 0 Å². The number of carbonyl (C=O) groups is 2. The quantitative estimate of drug-likeness (QED) is 0.921. The van der Waals surface area contributed by atoms with E-state index in [4.69, 9.17) is 0 Å². The number of nitrogens with one attached hydrogen (secondary N) is 1. The Balaban J connectivity index is 2.03. The Morgan fingerprint density at radius 2 is 2.04 bits per heavy atom. The van der Waals surface area contributed by atoms with Crippen molar-refractivity contribution in [3.05, 3.63) is 52.2 Å². The average molecular weight is 342 g/mol. The molecule has 0 saturated carbocycles. The molecule has 2 atom stereocenters. The lowest BCUT2D eigenvalue weighted by atomic mass is 9.86. The van der Waals surface area contributed by atoms with Crippen LogP contribution in [0.1, 0.15) is 36.2 Å². The molecule has 2 aromatic rings. The highest BCUT2D eigenvalue weighted by atomic mass is 32.1. The smallest absolute Gasteiger partial charge is 0.227 e. The first-order chi connectivity index (χ1) is 11.6. The van der Waals surface area contributed by atoms with E-state index in [1.54, 1.807) is 11.3 Å². The van der Waals surface area contributed by atoms with Gasteiger partial charge in [-0.1, -0.05) is 23.8 Å². The van der Waals surface area contributed by atoms with Crippen LogP contribution in [0.2, 0.25) is 0 Å². The third-order valence-electron chi connectivity index (χ3n) is 4.43. The molecule has 1 aromatic carbocycles. The lowest BCUT2D eigenvalue weighted by Gasteiger charge is -2.40. The Morgan fingerprint density at radius 1 is 1.29 bits per heavy atom. The summed E-state index contributed by atoms with van der Waals surface area (Å²) in [6.07, 6.45) is 0.993. The van der Waals surface area contributed by atoms with Crippen molar-refractivity contribution in [2.24, 2.45) is 5.92 Å². The van der Waals surface area contributed by atoms with Crippen LogP contribution in [-0.2, 0) is 9.59 Å². The third-order valence-corrected chi connectivity index (χ3v) is 5.37. The summed E-state index contributed by atoms with van der Waals surface area (Å²) in [5.74, 6) is -0.110. The molecule has 2 heterocycles. The maximum absolute atomic E-state index is 12.7. The minimum Gasteiger partial charge on any atom is -0.356 e. The van der Waals surface area contributed by atoms with E-state index in [1.807, 2.05) is 60.5 Å². The van der Waals surface area contributed by atoms with Gasteiger partial charge in [-0.25, -0.2) is 0 Å². The molecule has 0 radical (unpaired) electrons. The van der Waals surface area contributed by atoms with Crippen molar-refractivity contribution in [3.63, 3.8) is 0 Å². The summed E-state index contributed by atoms with van der Waals surface area (Å²) >= 11 is 1.60. The molecule has 0 aliphatic carbocycles. The van der Waals surface area contributed by atoms with Gasteiger partial charge in [-0.2, -0.15) is 0 Å². The predicted octanol–water partition coefficient (Wildman–Crippen LogP) is 3.68. The van der Waals surface area contributed by atoms with Crippen LogP contribution >= 0.6 is 11.3 Å². The first-order valence-corrected chi connectivity index (χ1v) is 9.19. The summed E-state index contributed by atoms with van der Waals surface area (Å²) in [7, 11) is 0. The lowest BCUT2D eigenvalue weighted by Crippen LogP contribution is -2.48. The van der Waals surface area contributed by atoms with Crippen molar-refractivity contribution in [1.29, 1.82) is 0 Å².